The van der Waals surface area contributed by atoms with Crippen molar-refractivity contribution in [2.75, 3.05) is 0 Å². The summed E-state index contributed by atoms with van der Waals surface area (Å²) in [5.41, 5.74) is 11.7. The van der Waals surface area contributed by atoms with Crippen LogP contribution in [0.25, 0.3) is 0 Å². The molecule has 0 spiro atoms. The minimum Gasteiger partial charge on any atom is -0.320 e. The van der Waals surface area contributed by atoms with Gasteiger partial charge in [0.1, 0.15) is 0 Å². The van der Waals surface area contributed by atoms with Crippen LogP contribution in [0.2, 0.25) is 0 Å². The van der Waals surface area contributed by atoms with E-state index in [0.29, 0.717) is 0 Å². The van der Waals surface area contributed by atoms with E-state index in [2.05, 4.69) is 41.9 Å². The van der Waals surface area contributed by atoms with Crippen molar-refractivity contribution < 1.29 is 0 Å². The van der Waals surface area contributed by atoms with Crippen LogP contribution in [-0.2, 0) is 0 Å². The van der Waals surface area contributed by atoms with Crippen LogP contribution in [0.4, 0.5) is 0 Å². The first kappa shape index (κ1) is 11.9. The van der Waals surface area contributed by atoms with E-state index >= 15 is 0 Å². The fraction of sp³-hybridized carbons (Fsp3) is 0.375. The molecule has 1 aliphatic carbocycles. The minimum atomic E-state index is 0.0243. The number of hydrogen-bond donors (Lipinski definition) is 1. The van der Waals surface area contributed by atoms with E-state index in [4.69, 9.17) is 5.73 Å². The molecule has 0 radical (unpaired) electrons. The van der Waals surface area contributed by atoms with Gasteiger partial charge in [0.15, 0.2) is 0 Å². The molecule has 1 aromatic heterocycles. The predicted octanol–water partition coefficient (Wildman–Crippen LogP) is 4.37. The quantitative estimate of drug-likeness (QED) is 0.868. The first-order valence-electron chi connectivity index (χ1n) is 6.64. The van der Waals surface area contributed by atoms with Gasteiger partial charge in [-0.2, -0.15) is 11.3 Å². The van der Waals surface area contributed by atoms with Gasteiger partial charge in [-0.3, -0.25) is 0 Å². The summed E-state index contributed by atoms with van der Waals surface area (Å²) in [6.07, 6.45) is 4.07. The van der Waals surface area contributed by atoms with Crippen molar-refractivity contribution in [1.29, 1.82) is 0 Å². The highest BCUT2D eigenvalue weighted by atomic mass is 32.1. The van der Waals surface area contributed by atoms with Crippen molar-refractivity contribution in [2.45, 2.75) is 38.1 Å². The lowest BCUT2D eigenvalue weighted by Crippen LogP contribution is -2.14. The van der Waals surface area contributed by atoms with Gasteiger partial charge in [-0.1, -0.05) is 30.7 Å². The van der Waals surface area contributed by atoms with Gasteiger partial charge >= 0.3 is 0 Å². The Morgan fingerprint density at radius 3 is 2.72 bits per heavy atom. The zero-order chi connectivity index (χ0) is 12.5. The van der Waals surface area contributed by atoms with Gasteiger partial charge in [0, 0.05) is 0 Å². The second kappa shape index (κ2) is 4.87. The number of thiophene rings is 1. The van der Waals surface area contributed by atoms with Crippen LogP contribution < -0.4 is 5.73 Å². The van der Waals surface area contributed by atoms with Crippen molar-refractivity contribution in [3.8, 4) is 0 Å². The van der Waals surface area contributed by atoms with Crippen LogP contribution in [0.1, 0.15) is 53.5 Å². The maximum absolute atomic E-state index is 6.40. The zero-order valence-corrected chi connectivity index (χ0v) is 11.5. The summed E-state index contributed by atoms with van der Waals surface area (Å²) < 4.78 is 0. The number of benzene rings is 1. The standard InChI is InChI=1S/C16H19NS/c1-11-9-18-10-15(11)16(17)14-7-3-6-13(8-14)12-4-2-5-12/h3,6-10,12,16H,2,4-5,17H2,1H3. The van der Waals surface area contributed by atoms with Gasteiger partial charge in [0.05, 0.1) is 6.04 Å². The molecule has 0 bridgehead atoms. The van der Waals surface area contributed by atoms with Crippen molar-refractivity contribution in [2.24, 2.45) is 5.73 Å². The van der Waals surface area contributed by atoms with Crippen LogP contribution in [0.5, 0.6) is 0 Å². The summed E-state index contributed by atoms with van der Waals surface area (Å²) in [6, 6.07) is 8.90. The Hall–Kier alpha value is -1.12. The second-order valence-electron chi connectivity index (χ2n) is 5.29. The Morgan fingerprint density at radius 2 is 2.11 bits per heavy atom. The van der Waals surface area contributed by atoms with Crippen molar-refractivity contribution in [1.82, 2.24) is 0 Å². The number of nitrogens with two attached hydrogens (primary N) is 1. The molecule has 1 aromatic carbocycles. The molecule has 1 fully saturated rings. The van der Waals surface area contributed by atoms with Crippen LogP contribution in [0.15, 0.2) is 35.0 Å². The van der Waals surface area contributed by atoms with Crippen molar-refractivity contribution in [3.05, 3.63) is 57.3 Å². The molecule has 1 atom stereocenters. The van der Waals surface area contributed by atoms with E-state index in [1.807, 2.05) is 0 Å². The normalized spacial score (nSPS) is 17.4. The molecule has 2 heteroatoms. The van der Waals surface area contributed by atoms with Gasteiger partial charge in [0.2, 0.25) is 0 Å². The molecule has 94 valence electrons. The minimum absolute atomic E-state index is 0.0243. The lowest BCUT2D eigenvalue weighted by Gasteiger charge is -2.26. The molecule has 0 saturated heterocycles. The number of aryl methyl sites for hydroxylation is 1. The van der Waals surface area contributed by atoms with Gasteiger partial charge in [-0.05, 0) is 58.7 Å². The highest BCUT2D eigenvalue weighted by Crippen LogP contribution is 2.37. The summed E-state index contributed by atoms with van der Waals surface area (Å²) in [5, 5.41) is 4.35. The molecule has 1 saturated carbocycles. The topological polar surface area (TPSA) is 26.0 Å². The third-order valence-electron chi connectivity index (χ3n) is 4.08. The van der Waals surface area contributed by atoms with E-state index in [-0.39, 0.29) is 6.04 Å². The van der Waals surface area contributed by atoms with Crippen LogP contribution in [0.3, 0.4) is 0 Å². The lowest BCUT2D eigenvalue weighted by atomic mass is 9.79. The summed E-state index contributed by atoms with van der Waals surface area (Å²) in [4.78, 5) is 0. The first-order valence-corrected chi connectivity index (χ1v) is 7.58. The van der Waals surface area contributed by atoms with Crippen molar-refractivity contribution in [3.63, 3.8) is 0 Å². The van der Waals surface area contributed by atoms with Crippen LogP contribution in [-0.4, -0.2) is 0 Å². The maximum atomic E-state index is 6.40. The Kier molecular flexibility index (Phi) is 3.23. The van der Waals surface area contributed by atoms with E-state index in [1.54, 1.807) is 11.3 Å². The van der Waals surface area contributed by atoms with Gasteiger partial charge in [-0.25, -0.2) is 0 Å². The van der Waals surface area contributed by atoms with Crippen LogP contribution >= 0.6 is 11.3 Å². The van der Waals surface area contributed by atoms with Gasteiger partial charge < -0.3 is 5.73 Å². The molecular weight excluding hydrogens is 238 g/mol. The molecule has 1 unspecified atom stereocenters. The Bertz CT molecular complexity index is 540. The number of rotatable bonds is 3. The third-order valence-corrected chi connectivity index (χ3v) is 4.96. The molecule has 1 heterocycles. The highest BCUT2D eigenvalue weighted by molar-refractivity contribution is 7.08. The molecule has 18 heavy (non-hydrogen) atoms. The second-order valence-corrected chi connectivity index (χ2v) is 6.03. The molecule has 2 aromatic rings. The molecular formula is C16H19NS. The smallest absolute Gasteiger partial charge is 0.0562 e. The van der Waals surface area contributed by atoms with Gasteiger partial charge in [0.25, 0.3) is 0 Å². The third kappa shape index (κ3) is 2.11. The molecule has 0 aliphatic heterocycles. The van der Waals surface area contributed by atoms with E-state index < -0.39 is 0 Å². The average molecular weight is 257 g/mol. The largest absolute Gasteiger partial charge is 0.320 e. The monoisotopic (exact) mass is 257 g/mol. The molecule has 3 rings (SSSR count). The van der Waals surface area contributed by atoms with E-state index in [9.17, 15) is 0 Å². The van der Waals surface area contributed by atoms with E-state index in [1.165, 1.54) is 41.5 Å². The lowest BCUT2D eigenvalue weighted by molar-refractivity contribution is 0.419. The van der Waals surface area contributed by atoms with Gasteiger partial charge in [-0.15, -0.1) is 0 Å². The summed E-state index contributed by atoms with van der Waals surface area (Å²) in [6.45, 7) is 2.14. The Morgan fingerprint density at radius 1 is 1.28 bits per heavy atom. The van der Waals surface area contributed by atoms with Crippen molar-refractivity contribution >= 4 is 11.3 Å². The summed E-state index contributed by atoms with van der Waals surface area (Å²) in [5.74, 6) is 0.778. The predicted molar refractivity (Wildman–Crippen MR) is 78.1 cm³/mol. The molecule has 0 amide bonds. The maximum Gasteiger partial charge on any atom is 0.0562 e. The SMILES string of the molecule is Cc1cscc1C(N)c1cccc(C2CCC2)c1. The summed E-state index contributed by atoms with van der Waals surface area (Å²) >= 11 is 1.74. The summed E-state index contributed by atoms with van der Waals surface area (Å²) in [7, 11) is 0. The highest BCUT2D eigenvalue weighted by Gasteiger charge is 2.20. The molecule has 1 aliphatic rings. The van der Waals surface area contributed by atoms with E-state index in [0.717, 1.165) is 5.92 Å². The Balaban J connectivity index is 1.89. The first-order chi connectivity index (χ1) is 8.75. The fourth-order valence-corrected chi connectivity index (χ4v) is 3.50. The Labute approximate surface area is 113 Å². The molecule has 1 nitrogen and oxygen atoms in total. The molecule has 2 N–H and O–H groups in total. The fourth-order valence-electron chi connectivity index (χ4n) is 2.62. The number of hydrogen-bond acceptors (Lipinski definition) is 2. The average Bonchev–Trinajstić information content (AvgIpc) is 2.73. The zero-order valence-electron chi connectivity index (χ0n) is 10.7. The van der Waals surface area contributed by atoms with Crippen LogP contribution in [0, 0.1) is 6.92 Å².